The van der Waals surface area contributed by atoms with Crippen molar-refractivity contribution in [3.8, 4) is 0 Å². The van der Waals surface area contributed by atoms with Crippen LogP contribution in [-0.4, -0.2) is 15.0 Å². The highest BCUT2D eigenvalue weighted by atomic mass is 15.0. The first-order valence-corrected chi connectivity index (χ1v) is 5.16. The molecular weight excluding hydrogens is 200 g/mol. The van der Waals surface area contributed by atoms with Crippen molar-refractivity contribution in [3.63, 3.8) is 0 Å². The van der Waals surface area contributed by atoms with E-state index in [1.54, 1.807) is 0 Å². The molecule has 0 saturated carbocycles. The summed E-state index contributed by atoms with van der Waals surface area (Å²) in [6.45, 7) is 3.75. The fraction of sp³-hybridized carbons (Fsp3) is 0.250. The Balaban J connectivity index is 2.23. The molecule has 16 heavy (non-hydrogen) atoms. The van der Waals surface area contributed by atoms with Crippen LogP contribution >= 0.6 is 0 Å². The molecule has 0 fully saturated rings. The van der Waals surface area contributed by atoms with Crippen LogP contribution in [0.25, 0.3) is 0 Å². The molecule has 2 rings (SSSR count). The summed E-state index contributed by atoms with van der Waals surface area (Å²) in [7, 11) is 0. The van der Waals surface area contributed by atoms with E-state index in [1.807, 2.05) is 38.1 Å². The molecule has 1 heterocycles. The Hall–Kier alpha value is -1.97. The molecule has 0 aliphatic heterocycles. The van der Waals surface area contributed by atoms with E-state index in [0.717, 1.165) is 28.7 Å². The van der Waals surface area contributed by atoms with Gasteiger partial charge in [0.15, 0.2) is 0 Å². The maximum Gasteiger partial charge on any atom is 0.136 e. The van der Waals surface area contributed by atoms with Gasteiger partial charge >= 0.3 is 0 Å². The fourth-order valence-electron chi connectivity index (χ4n) is 1.58. The molecule has 0 spiro atoms. The van der Waals surface area contributed by atoms with Crippen LogP contribution in [0, 0.1) is 13.8 Å². The predicted octanol–water partition coefficient (Wildman–Crippen LogP) is 1.66. The maximum absolute atomic E-state index is 5.63. The standard InChI is InChI=1S/C12H14N4/c1-8-14-9(2)16-12(15-8)7-10-3-5-11(13)6-4-10/h3-6H,7,13H2,1-2H3. The van der Waals surface area contributed by atoms with E-state index in [1.165, 1.54) is 0 Å². The lowest BCUT2D eigenvalue weighted by atomic mass is 10.1. The predicted molar refractivity (Wildman–Crippen MR) is 63.0 cm³/mol. The Morgan fingerprint density at radius 1 is 0.938 bits per heavy atom. The molecular formula is C12H14N4. The Bertz CT molecular complexity index is 471. The topological polar surface area (TPSA) is 64.7 Å². The minimum absolute atomic E-state index is 0.713. The summed E-state index contributed by atoms with van der Waals surface area (Å²) in [5.74, 6) is 2.32. The summed E-state index contributed by atoms with van der Waals surface area (Å²) in [6, 6.07) is 7.75. The number of hydrogen-bond donors (Lipinski definition) is 1. The number of hydrogen-bond acceptors (Lipinski definition) is 4. The van der Waals surface area contributed by atoms with Gasteiger partial charge in [-0.05, 0) is 31.5 Å². The van der Waals surface area contributed by atoms with Crippen LogP contribution in [0.15, 0.2) is 24.3 Å². The van der Waals surface area contributed by atoms with E-state index in [0.29, 0.717) is 6.42 Å². The third-order valence-electron chi connectivity index (χ3n) is 2.25. The Kier molecular flexibility index (Phi) is 2.81. The molecule has 0 unspecified atom stereocenters. The summed E-state index contributed by atoms with van der Waals surface area (Å²) in [4.78, 5) is 12.7. The van der Waals surface area contributed by atoms with Crippen molar-refractivity contribution in [1.82, 2.24) is 15.0 Å². The second-order valence-electron chi connectivity index (χ2n) is 3.76. The highest BCUT2D eigenvalue weighted by Crippen LogP contribution is 2.09. The lowest BCUT2D eigenvalue weighted by molar-refractivity contribution is 0.843. The monoisotopic (exact) mass is 214 g/mol. The molecule has 0 saturated heterocycles. The Labute approximate surface area is 94.6 Å². The van der Waals surface area contributed by atoms with Gasteiger partial charge in [-0.15, -0.1) is 0 Å². The molecule has 4 nitrogen and oxygen atoms in total. The van der Waals surface area contributed by atoms with Gasteiger partial charge in [0.25, 0.3) is 0 Å². The fourth-order valence-corrected chi connectivity index (χ4v) is 1.58. The van der Waals surface area contributed by atoms with Crippen LogP contribution in [0.1, 0.15) is 23.0 Å². The zero-order valence-electron chi connectivity index (χ0n) is 9.44. The van der Waals surface area contributed by atoms with Crippen LogP contribution in [0.2, 0.25) is 0 Å². The lowest BCUT2D eigenvalue weighted by Gasteiger charge is -2.03. The SMILES string of the molecule is Cc1nc(C)nc(Cc2ccc(N)cc2)n1. The number of rotatable bonds is 2. The lowest BCUT2D eigenvalue weighted by Crippen LogP contribution is -2.03. The summed E-state index contributed by atoms with van der Waals surface area (Å²) in [6.07, 6.45) is 0.713. The van der Waals surface area contributed by atoms with Gasteiger partial charge in [-0.25, -0.2) is 15.0 Å². The van der Waals surface area contributed by atoms with Crippen molar-refractivity contribution in [2.45, 2.75) is 20.3 Å². The summed E-state index contributed by atoms with van der Waals surface area (Å²) < 4.78 is 0. The molecule has 0 aliphatic rings. The van der Waals surface area contributed by atoms with Gasteiger partial charge in [-0.3, -0.25) is 0 Å². The molecule has 2 aromatic rings. The molecule has 2 N–H and O–H groups in total. The average molecular weight is 214 g/mol. The van der Waals surface area contributed by atoms with E-state index in [-0.39, 0.29) is 0 Å². The van der Waals surface area contributed by atoms with Crippen molar-refractivity contribution in [1.29, 1.82) is 0 Å². The van der Waals surface area contributed by atoms with Gasteiger partial charge in [0.2, 0.25) is 0 Å². The van der Waals surface area contributed by atoms with E-state index < -0.39 is 0 Å². The molecule has 1 aromatic carbocycles. The quantitative estimate of drug-likeness (QED) is 0.772. The highest BCUT2D eigenvalue weighted by molar-refractivity contribution is 5.39. The molecule has 4 heteroatoms. The first kappa shape index (κ1) is 10.5. The van der Waals surface area contributed by atoms with Gasteiger partial charge in [0, 0.05) is 12.1 Å². The van der Waals surface area contributed by atoms with Crippen LogP contribution < -0.4 is 5.73 Å². The number of nitrogens with zero attached hydrogens (tertiary/aromatic N) is 3. The summed E-state index contributed by atoms with van der Waals surface area (Å²) in [5, 5.41) is 0. The van der Waals surface area contributed by atoms with E-state index >= 15 is 0 Å². The zero-order valence-corrected chi connectivity index (χ0v) is 9.44. The minimum Gasteiger partial charge on any atom is -0.399 e. The number of nitrogens with two attached hydrogens (primary N) is 1. The first-order valence-electron chi connectivity index (χ1n) is 5.16. The van der Waals surface area contributed by atoms with Crippen molar-refractivity contribution in [3.05, 3.63) is 47.3 Å². The molecule has 1 aromatic heterocycles. The number of benzene rings is 1. The Morgan fingerprint density at radius 3 is 2.06 bits per heavy atom. The van der Waals surface area contributed by atoms with E-state index in [9.17, 15) is 0 Å². The largest absolute Gasteiger partial charge is 0.399 e. The highest BCUT2D eigenvalue weighted by Gasteiger charge is 2.02. The maximum atomic E-state index is 5.63. The van der Waals surface area contributed by atoms with Crippen LogP contribution in [0.5, 0.6) is 0 Å². The molecule has 0 radical (unpaired) electrons. The van der Waals surface area contributed by atoms with Crippen LogP contribution in [0.4, 0.5) is 5.69 Å². The van der Waals surface area contributed by atoms with E-state index in [2.05, 4.69) is 15.0 Å². The van der Waals surface area contributed by atoms with Gasteiger partial charge in [0.1, 0.15) is 17.5 Å². The Morgan fingerprint density at radius 2 is 1.50 bits per heavy atom. The number of aromatic nitrogens is 3. The van der Waals surface area contributed by atoms with Crippen molar-refractivity contribution < 1.29 is 0 Å². The van der Waals surface area contributed by atoms with Gasteiger partial charge in [-0.2, -0.15) is 0 Å². The first-order chi connectivity index (χ1) is 7.63. The van der Waals surface area contributed by atoms with E-state index in [4.69, 9.17) is 5.73 Å². The van der Waals surface area contributed by atoms with Crippen molar-refractivity contribution in [2.75, 3.05) is 5.73 Å². The van der Waals surface area contributed by atoms with Crippen LogP contribution in [-0.2, 0) is 6.42 Å². The van der Waals surface area contributed by atoms with Crippen LogP contribution in [0.3, 0.4) is 0 Å². The molecule has 0 aliphatic carbocycles. The van der Waals surface area contributed by atoms with Crippen molar-refractivity contribution >= 4 is 5.69 Å². The third-order valence-corrected chi connectivity index (χ3v) is 2.25. The molecule has 82 valence electrons. The number of nitrogen functional groups attached to an aromatic ring is 1. The van der Waals surface area contributed by atoms with Crippen molar-refractivity contribution in [2.24, 2.45) is 0 Å². The summed E-state index contributed by atoms with van der Waals surface area (Å²) >= 11 is 0. The molecule has 0 amide bonds. The number of anilines is 1. The smallest absolute Gasteiger partial charge is 0.136 e. The average Bonchev–Trinajstić information content (AvgIpc) is 2.20. The van der Waals surface area contributed by atoms with Gasteiger partial charge in [-0.1, -0.05) is 12.1 Å². The second-order valence-corrected chi connectivity index (χ2v) is 3.76. The van der Waals surface area contributed by atoms with Gasteiger partial charge < -0.3 is 5.73 Å². The molecule has 0 atom stereocenters. The second kappa shape index (κ2) is 4.26. The summed E-state index contributed by atoms with van der Waals surface area (Å²) in [5.41, 5.74) is 7.55. The van der Waals surface area contributed by atoms with Gasteiger partial charge in [0.05, 0.1) is 0 Å². The number of aryl methyl sites for hydroxylation is 2. The molecule has 0 bridgehead atoms. The normalized spacial score (nSPS) is 10.4. The zero-order chi connectivity index (χ0) is 11.5. The minimum atomic E-state index is 0.713. The third kappa shape index (κ3) is 2.53.